The molecule has 0 bridgehead atoms. The van der Waals surface area contributed by atoms with Crippen LogP contribution in [0.25, 0.3) is 21.8 Å². The number of anilines is 1. The van der Waals surface area contributed by atoms with Crippen molar-refractivity contribution in [3.63, 3.8) is 0 Å². The lowest BCUT2D eigenvalue weighted by Gasteiger charge is -2.21. The van der Waals surface area contributed by atoms with Crippen LogP contribution in [-0.2, 0) is 0 Å². The topological polar surface area (TPSA) is 31.9 Å². The standard InChI is InChI=1S/C18H19N3S/c1-4-8-21(9-5-2)13-6-7-16-14(10-13)15-11-18(22-3)19-12-17(15)20-16/h4-7,10-12,20H,1-2,8-9H2,3H3. The molecule has 112 valence electrons. The lowest BCUT2D eigenvalue weighted by molar-refractivity contribution is 0.958. The van der Waals surface area contributed by atoms with Crippen LogP contribution < -0.4 is 4.90 Å². The van der Waals surface area contributed by atoms with E-state index in [1.165, 1.54) is 16.5 Å². The first-order valence-electron chi connectivity index (χ1n) is 7.19. The summed E-state index contributed by atoms with van der Waals surface area (Å²) in [6.45, 7) is 9.29. The maximum atomic E-state index is 4.43. The van der Waals surface area contributed by atoms with Crippen LogP contribution in [0.1, 0.15) is 0 Å². The van der Waals surface area contributed by atoms with Gasteiger partial charge >= 0.3 is 0 Å². The zero-order valence-electron chi connectivity index (χ0n) is 12.7. The Kier molecular flexibility index (Phi) is 4.20. The SMILES string of the molecule is C=CCN(CC=C)c1ccc2[nH]c3cnc(SC)cc3c2c1. The average Bonchev–Trinajstić information content (AvgIpc) is 2.91. The lowest BCUT2D eigenvalue weighted by atomic mass is 10.1. The summed E-state index contributed by atoms with van der Waals surface area (Å²) < 4.78 is 0. The van der Waals surface area contributed by atoms with Gasteiger partial charge in [-0.2, -0.15) is 0 Å². The Balaban J connectivity index is 2.16. The van der Waals surface area contributed by atoms with Gasteiger partial charge in [0.1, 0.15) is 0 Å². The number of aromatic amines is 1. The monoisotopic (exact) mass is 309 g/mol. The molecule has 0 aliphatic heterocycles. The van der Waals surface area contributed by atoms with E-state index in [1.54, 1.807) is 11.8 Å². The predicted molar refractivity (Wildman–Crippen MR) is 98.0 cm³/mol. The minimum Gasteiger partial charge on any atom is -0.364 e. The molecule has 4 heteroatoms. The van der Waals surface area contributed by atoms with Crippen LogP contribution in [0.2, 0.25) is 0 Å². The fourth-order valence-electron chi connectivity index (χ4n) is 2.67. The number of nitrogens with zero attached hydrogens (tertiary/aromatic N) is 2. The summed E-state index contributed by atoms with van der Waals surface area (Å²) in [4.78, 5) is 10.1. The third-order valence-corrected chi connectivity index (χ3v) is 4.36. The van der Waals surface area contributed by atoms with Crippen molar-refractivity contribution in [2.75, 3.05) is 24.2 Å². The van der Waals surface area contributed by atoms with Crippen molar-refractivity contribution in [2.24, 2.45) is 0 Å². The van der Waals surface area contributed by atoms with E-state index in [4.69, 9.17) is 0 Å². The molecule has 0 atom stereocenters. The molecular formula is C18H19N3S. The molecule has 0 aliphatic rings. The smallest absolute Gasteiger partial charge is 0.0965 e. The molecule has 0 spiro atoms. The summed E-state index contributed by atoms with van der Waals surface area (Å²) in [5.41, 5.74) is 3.38. The number of nitrogens with one attached hydrogen (secondary N) is 1. The summed E-state index contributed by atoms with van der Waals surface area (Å²) in [7, 11) is 0. The van der Waals surface area contributed by atoms with E-state index in [-0.39, 0.29) is 0 Å². The molecule has 0 aliphatic carbocycles. The molecule has 0 fully saturated rings. The predicted octanol–water partition coefficient (Wildman–Crippen LogP) is 4.62. The van der Waals surface area contributed by atoms with Crippen molar-refractivity contribution in [1.82, 2.24) is 9.97 Å². The highest BCUT2D eigenvalue weighted by atomic mass is 32.2. The quantitative estimate of drug-likeness (QED) is 0.533. The molecule has 0 unspecified atom stereocenters. The number of benzene rings is 1. The van der Waals surface area contributed by atoms with Crippen LogP contribution in [0.4, 0.5) is 5.69 Å². The highest BCUT2D eigenvalue weighted by Gasteiger charge is 2.09. The van der Waals surface area contributed by atoms with Gasteiger partial charge in [0, 0.05) is 35.1 Å². The summed E-state index contributed by atoms with van der Waals surface area (Å²) in [5, 5.41) is 3.48. The van der Waals surface area contributed by atoms with Gasteiger partial charge in [0.2, 0.25) is 0 Å². The van der Waals surface area contributed by atoms with Gasteiger partial charge in [0.25, 0.3) is 0 Å². The molecule has 2 aromatic heterocycles. The van der Waals surface area contributed by atoms with Gasteiger partial charge in [-0.05, 0) is 30.5 Å². The van der Waals surface area contributed by atoms with Crippen LogP contribution >= 0.6 is 11.8 Å². The van der Waals surface area contributed by atoms with E-state index in [0.717, 1.165) is 29.1 Å². The largest absolute Gasteiger partial charge is 0.364 e. The van der Waals surface area contributed by atoms with Gasteiger partial charge in [-0.25, -0.2) is 4.98 Å². The van der Waals surface area contributed by atoms with E-state index >= 15 is 0 Å². The van der Waals surface area contributed by atoms with Crippen molar-refractivity contribution in [1.29, 1.82) is 0 Å². The zero-order valence-corrected chi connectivity index (χ0v) is 13.5. The summed E-state index contributed by atoms with van der Waals surface area (Å²) in [6.07, 6.45) is 7.79. The molecule has 1 N–H and O–H groups in total. The summed E-state index contributed by atoms with van der Waals surface area (Å²) in [6, 6.07) is 8.63. The minimum absolute atomic E-state index is 0.803. The van der Waals surface area contributed by atoms with Crippen LogP contribution in [0, 0.1) is 0 Å². The average molecular weight is 309 g/mol. The second-order valence-corrected chi connectivity index (χ2v) is 5.94. The van der Waals surface area contributed by atoms with E-state index in [9.17, 15) is 0 Å². The Morgan fingerprint density at radius 3 is 2.55 bits per heavy atom. The van der Waals surface area contributed by atoms with Gasteiger partial charge < -0.3 is 9.88 Å². The maximum absolute atomic E-state index is 4.43. The molecular weight excluding hydrogens is 290 g/mol. The second kappa shape index (κ2) is 6.28. The fraction of sp³-hybridized carbons (Fsp3) is 0.167. The van der Waals surface area contributed by atoms with Crippen molar-refractivity contribution >= 4 is 39.3 Å². The molecule has 0 saturated heterocycles. The molecule has 3 aromatic rings. The van der Waals surface area contributed by atoms with Crippen molar-refractivity contribution in [3.05, 3.63) is 55.8 Å². The normalized spacial score (nSPS) is 11.0. The van der Waals surface area contributed by atoms with Crippen molar-refractivity contribution in [2.45, 2.75) is 5.03 Å². The molecule has 0 saturated carbocycles. The van der Waals surface area contributed by atoms with Crippen LogP contribution in [0.15, 0.2) is 60.8 Å². The highest BCUT2D eigenvalue weighted by Crippen LogP contribution is 2.30. The third-order valence-electron chi connectivity index (χ3n) is 3.71. The molecule has 22 heavy (non-hydrogen) atoms. The van der Waals surface area contributed by atoms with Crippen LogP contribution in [0.3, 0.4) is 0 Å². The van der Waals surface area contributed by atoms with Gasteiger partial charge in [-0.1, -0.05) is 12.2 Å². The van der Waals surface area contributed by atoms with Crippen molar-refractivity contribution in [3.8, 4) is 0 Å². The van der Waals surface area contributed by atoms with E-state index in [2.05, 4.69) is 52.3 Å². The van der Waals surface area contributed by atoms with E-state index in [1.807, 2.05) is 24.6 Å². The Morgan fingerprint density at radius 1 is 1.14 bits per heavy atom. The number of rotatable bonds is 6. The van der Waals surface area contributed by atoms with Crippen LogP contribution in [0.5, 0.6) is 0 Å². The Bertz CT molecular complexity index is 825. The van der Waals surface area contributed by atoms with Crippen molar-refractivity contribution < 1.29 is 0 Å². The first-order chi connectivity index (χ1) is 10.8. The summed E-state index contributed by atoms with van der Waals surface area (Å²) in [5.74, 6) is 0. The second-order valence-electron chi connectivity index (χ2n) is 5.11. The Hall–Kier alpha value is -2.20. The van der Waals surface area contributed by atoms with Crippen LogP contribution in [-0.4, -0.2) is 29.3 Å². The minimum atomic E-state index is 0.803. The number of fused-ring (bicyclic) bond motifs is 3. The molecule has 0 radical (unpaired) electrons. The molecule has 2 heterocycles. The van der Waals surface area contributed by atoms with Gasteiger partial charge in [0.05, 0.1) is 16.7 Å². The lowest BCUT2D eigenvalue weighted by Crippen LogP contribution is -2.22. The highest BCUT2D eigenvalue weighted by molar-refractivity contribution is 7.98. The molecule has 0 amide bonds. The first-order valence-corrected chi connectivity index (χ1v) is 8.41. The Morgan fingerprint density at radius 2 is 1.86 bits per heavy atom. The first kappa shape index (κ1) is 14.7. The summed E-state index contributed by atoms with van der Waals surface area (Å²) >= 11 is 1.66. The molecule has 3 rings (SSSR count). The number of H-pyrrole nitrogens is 1. The van der Waals surface area contributed by atoms with E-state index < -0.39 is 0 Å². The third kappa shape index (κ3) is 2.62. The van der Waals surface area contributed by atoms with Gasteiger partial charge in [-0.15, -0.1) is 24.9 Å². The van der Waals surface area contributed by atoms with Gasteiger partial charge in [-0.3, -0.25) is 0 Å². The number of pyridine rings is 1. The number of hydrogen-bond donors (Lipinski definition) is 1. The zero-order chi connectivity index (χ0) is 15.5. The molecule has 1 aromatic carbocycles. The van der Waals surface area contributed by atoms with E-state index in [0.29, 0.717) is 0 Å². The number of hydrogen-bond acceptors (Lipinski definition) is 3. The maximum Gasteiger partial charge on any atom is 0.0965 e. The fourth-order valence-corrected chi connectivity index (χ4v) is 3.07. The Labute approximate surface area is 134 Å². The number of aromatic nitrogens is 2. The molecule has 3 nitrogen and oxygen atoms in total. The number of thioether (sulfide) groups is 1. The van der Waals surface area contributed by atoms with Gasteiger partial charge in [0.15, 0.2) is 0 Å².